The monoisotopic (exact) mass is 280 g/mol. The maximum absolute atomic E-state index is 12.4. The second-order valence-electron chi connectivity index (χ2n) is 5.92. The van der Waals surface area contributed by atoms with Gasteiger partial charge in [0.1, 0.15) is 0 Å². The van der Waals surface area contributed by atoms with E-state index >= 15 is 0 Å². The molecule has 2 rings (SSSR count). The average molecular weight is 280 g/mol. The van der Waals surface area contributed by atoms with Gasteiger partial charge in [-0.25, -0.2) is 4.79 Å². The lowest BCUT2D eigenvalue weighted by molar-refractivity contribution is -0.137. The maximum atomic E-state index is 12.4. The fourth-order valence-electron chi connectivity index (χ4n) is 2.95. The Balaban J connectivity index is 1.85. The van der Waals surface area contributed by atoms with E-state index in [1.54, 1.807) is 0 Å². The molecule has 0 spiro atoms. The summed E-state index contributed by atoms with van der Waals surface area (Å²) in [5.74, 6) is -0.407. The van der Waals surface area contributed by atoms with Gasteiger partial charge in [-0.05, 0) is 38.5 Å². The Bertz CT molecular complexity index is 406. The maximum Gasteiger partial charge on any atom is 0.320 e. The van der Waals surface area contributed by atoms with Gasteiger partial charge in [-0.3, -0.25) is 4.79 Å². The molecule has 1 fully saturated rings. The number of carbonyl (C=O) groups is 2. The summed E-state index contributed by atoms with van der Waals surface area (Å²) in [6, 6.07) is 0.119. The summed E-state index contributed by atoms with van der Waals surface area (Å²) in [5, 5.41) is 8.75. The highest BCUT2D eigenvalue weighted by Gasteiger charge is 2.27. The summed E-state index contributed by atoms with van der Waals surface area (Å²) in [4.78, 5) is 26.9. The summed E-state index contributed by atoms with van der Waals surface area (Å²) < 4.78 is 0. The number of urea groups is 1. The van der Waals surface area contributed by atoms with Crippen molar-refractivity contribution in [3.8, 4) is 0 Å². The SMILES string of the molecule is CC1=CCN(C(=O)N2CCCC(CCC(=O)O)C2)CC1. The molecule has 2 aliphatic heterocycles. The molecule has 0 saturated carbocycles. The highest BCUT2D eigenvalue weighted by molar-refractivity contribution is 5.75. The highest BCUT2D eigenvalue weighted by Crippen LogP contribution is 2.22. The quantitative estimate of drug-likeness (QED) is 0.807. The summed E-state index contributed by atoms with van der Waals surface area (Å²) in [5.41, 5.74) is 1.35. The van der Waals surface area contributed by atoms with Crippen LogP contribution >= 0.6 is 0 Å². The second kappa shape index (κ2) is 6.77. The minimum Gasteiger partial charge on any atom is -0.481 e. The third-order valence-electron chi connectivity index (χ3n) is 4.26. The molecule has 2 aliphatic rings. The van der Waals surface area contributed by atoms with Gasteiger partial charge in [0, 0.05) is 32.6 Å². The number of carboxylic acids is 1. The molecule has 1 saturated heterocycles. The summed E-state index contributed by atoms with van der Waals surface area (Å²) >= 11 is 0. The lowest BCUT2D eigenvalue weighted by Gasteiger charge is -2.37. The van der Waals surface area contributed by atoms with Gasteiger partial charge in [-0.2, -0.15) is 0 Å². The first-order chi connectivity index (χ1) is 9.56. The molecule has 1 unspecified atom stereocenters. The van der Waals surface area contributed by atoms with E-state index in [0.717, 1.165) is 32.4 Å². The molecule has 1 atom stereocenters. The number of hydrogen-bond acceptors (Lipinski definition) is 2. The molecule has 112 valence electrons. The first-order valence-electron chi connectivity index (χ1n) is 7.47. The average Bonchev–Trinajstić information content (AvgIpc) is 2.45. The molecule has 0 bridgehead atoms. The number of nitrogens with zero attached hydrogens (tertiary/aromatic N) is 2. The van der Waals surface area contributed by atoms with Gasteiger partial charge < -0.3 is 14.9 Å². The lowest BCUT2D eigenvalue weighted by atomic mass is 9.93. The fraction of sp³-hybridized carbons (Fsp3) is 0.733. The first kappa shape index (κ1) is 14.9. The highest BCUT2D eigenvalue weighted by atomic mass is 16.4. The topological polar surface area (TPSA) is 60.9 Å². The second-order valence-corrected chi connectivity index (χ2v) is 5.92. The van der Waals surface area contributed by atoms with Gasteiger partial charge >= 0.3 is 12.0 Å². The van der Waals surface area contributed by atoms with Crippen molar-refractivity contribution in [3.05, 3.63) is 11.6 Å². The number of carboxylic acid groups (broad SMARTS) is 1. The predicted octanol–water partition coefficient (Wildman–Crippen LogP) is 2.34. The van der Waals surface area contributed by atoms with E-state index in [9.17, 15) is 9.59 Å². The summed E-state index contributed by atoms with van der Waals surface area (Å²) in [6.07, 6.45) is 5.99. The van der Waals surface area contributed by atoms with Crippen molar-refractivity contribution in [2.45, 2.75) is 39.0 Å². The summed E-state index contributed by atoms with van der Waals surface area (Å²) in [6.45, 7) is 5.13. The number of piperidine rings is 1. The zero-order valence-electron chi connectivity index (χ0n) is 12.2. The van der Waals surface area contributed by atoms with Crippen LogP contribution in [0.15, 0.2) is 11.6 Å². The molecular formula is C15H24N2O3. The van der Waals surface area contributed by atoms with Crippen LogP contribution in [0.1, 0.15) is 39.0 Å². The van der Waals surface area contributed by atoms with Crippen LogP contribution in [0.4, 0.5) is 4.79 Å². The van der Waals surface area contributed by atoms with E-state index in [0.29, 0.717) is 25.4 Å². The lowest BCUT2D eigenvalue weighted by Crippen LogP contribution is -2.48. The van der Waals surface area contributed by atoms with Crippen LogP contribution in [0.3, 0.4) is 0 Å². The van der Waals surface area contributed by atoms with E-state index < -0.39 is 5.97 Å². The Morgan fingerprint density at radius 1 is 1.35 bits per heavy atom. The smallest absolute Gasteiger partial charge is 0.320 e. The number of rotatable bonds is 3. The van der Waals surface area contributed by atoms with Crippen LogP contribution in [0.2, 0.25) is 0 Å². The first-order valence-corrected chi connectivity index (χ1v) is 7.47. The Kier molecular flexibility index (Phi) is 5.04. The Morgan fingerprint density at radius 2 is 2.15 bits per heavy atom. The van der Waals surface area contributed by atoms with Crippen LogP contribution in [-0.4, -0.2) is 53.1 Å². The molecule has 0 radical (unpaired) electrons. The molecule has 0 aromatic carbocycles. The Labute approximate surface area is 120 Å². The zero-order valence-corrected chi connectivity index (χ0v) is 12.2. The van der Waals surface area contributed by atoms with Gasteiger partial charge in [-0.15, -0.1) is 0 Å². The van der Waals surface area contributed by atoms with Gasteiger partial charge in [-0.1, -0.05) is 11.6 Å². The molecular weight excluding hydrogens is 256 g/mol. The predicted molar refractivity (Wildman–Crippen MR) is 76.5 cm³/mol. The summed E-state index contributed by atoms with van der Waals surface area (Å²) in [7, 11) is 0. The molecule has 1 N–H and O–H groups in total. The van der Waals surface area contributed by atoms with Crippen molar-refractivity contribution in [3.63, 3.8) is 0 Å². The van der Waals surface area contributed by atoms with E-state index in [1.807, 2.05) is 9.80 Å². The van der Waals surface area contributed by atoms with E-state index in [4.69, 9.17) is 5.11 Å². The van der Waals surface area contributed by atoms with E-state index in [2.05, 4.69) is 13.0 Å². The number of aliphatic carboxylic acids is 1. The largest absolute Gasteiger partial charge is 0.481 e. The van der Waals surface area contributed by atoms with Crippen molar-refractivity contribution in [1.82, 2.24) is 9.80 Å². The number of hydrogen-bond donors (Lipinski definition) is 1. The minimum atomic E-state index is -0.745. The third kappa shape index (κ3) is 3.99. The van der Waals surface area contributed by atoms with Crippen molar-refractivity contribution in [2.24, 2.45) is 5.92 Å². The van der Waals surface area contributed by atoms with Crippen LogP contribution < -0.4 is 0 Å². The van der Waals surface area contributed by atoms with Crippen LogP contribution in [0.25, 0.3) is 0 Å². The molecule has 0 aliphatic carbocycles. The fourth-order valence-corrected chi connectivity index (χ4v) is 2.95. The van der Waals surface area contributed by atoms with Gasteiger partial charge in [0.05, 0.1) is 0 Å². The van der Waals surface area contributed by atoms with Crippen molar-refractivity contribution < 1.29 is 14.7 Å². The molecule has 5 heteroatoms. The number of carbonyl (C=O) groups excluding carboxylic acids is 1. The minimum absolute atomic E-state index is 0.119. The number of likely N-dealkylation sites (tertiary alicyclic amines) is 1. The normalized spacial score (nSPS) is 23.4. The Morgan fingerprint density at radius 3 is 2.80 bits per heavy atom. The molecule has 0 aromatic heterocycles. The molecule has 2 heterocycles. The third-order valence-corrected chi connectivity index (χ3v) is 4.26. The van der Waals surface area contributed by atoms with Crippen LogP contribution in [0, 0.1) is 5.92 Å². The number of amides is 2. The van der Waals surface area contributed by atoms with Crippen molar-refractivity contribution >= 4 is 12.0 Å². The molecule has 0 aromatic rings. The molecule has 20 heavy (non-hydrogen) atoms. The Hall–Kier alpha value is -1.52. The van der Waals surface area contributed by atoms with Gasteiger partial charge in [0.2, 0.25) is 0 Å². The van der Waals surface area contributed by atoms with Crippen LogP contribution in [-0.2, 0) is 4.79 Å². The van der Waals surface area contributed by atoms with Crippen molar-refractivity contribution in [2.75, 3.05) is 26.2 Å². The zero-order chi connectivity index (χ0) is 14.5. The van der Waals surface area contributed by atoms with Crippen molar-refractivity contribution in [1.29, 1.82) is 0 Å². The van der Waals surface area contributed by atoms with E-state index in [-0.39, 0.29) is 12.5 Å². The standard InChI is InChI=1S/C15H24N2O3/c1-12-6-9-16(10-7-12)15(20)17-8-2-3-13(11-17)4-5-14(18)19/h6,13H,2-5,7-11H2,1H3,(H,18,19). The van der Waals surface area contributed by atoms with Crippen LogP contribution in [0.5, 0.6) is 0 Å². The van der Waals surface area contributed by atoms with E-state index in [1.165, 1.54) is 5.57 Å². The molecule has 5 nitrogen and oxygen atoms in total. The molecule has 2 amide bonds. The van der Waals surface area contributed by atoms with Gasteiger partial charge in [0.15, 0.2) is 0 Å². The van der Waals surface area contributed by atoms with Gasteiger partial charge in [0.25, 0.3) is 0 Å².